The lowest BCUT2D eigenvalue weighted by Gasteiger charge is -2.38. The molecular weight excluding hydrogens is 328 g/mol. The molecule has 1 atom stereocenters. The molecule has 24 heavy (non-hydrogen) atoms. The minimum Gasteiger partial charge on any atom is -0.445 e. The molecule has 1 heterocycles. The van der Waals surface area contributed by atoms with Gasteiger partial charge in [0.25, 0.3) is 0 Å². The van der Waals surface area contributed by atoms with Crippen molar-refractivity contribution in [2.75, 3.05) is 19.0 Å². The Bertz CT molecular complexity index is 577. The molecule has 1 saturated heterocycles. The second-order valence-electron chi connectivity index (χ2n) is 6.45. The topological polar surface area (TPSA) is 49.9 Å². The maximum atomic E-state index is 12.6. The van der Waals surface area contributed by atoms with E-state index in [0.29, 0.717) is 6.54 Å². The van der Waals surface area contributed by atoms with Crippen LogP contribution in [0, 0.1) is 0 Å². The Labute approximate surface area is 147 Å². The molecule has 3 rings (SSSR count). The summed E-state index contributed by atoms with van der Waals surface area (Å²) in [5.41, 5.74) is 0.976. The fourth-order valence-corrected chi connectivity index (χ4v) is 3.40. The molecule has 0 N–H and O–H groups in total. The van der Waals surface area contributed by atoms with Crippen LogP contribution in [-0.2, 0) is 16.1 Å². The van der Waals surface area contributed by atoms with Crippen molar-refractivity contribution in [1.29, 1.82) is 0 Å². The van der Waals surface area contributed by atoms with Crippen LogP contribution in [0.15, 0.2) is 30.3 Å². The van der Waals surface area contributed by atoms with Crippen molar-refractivity contribution in [3.05, 3.63) is 35.9 Å². The minimum absolute atomic E-state index is 0.00535. The van der Waals surface area contributed by atoms with Gasteiger partial charge in [-0.1, -0.05) is 30.3 Å². The Morgan fingerprint density at radius 2 is 1.92 bits per heavy atom. The quantitative estimate of drug-likeness (QED) is 0.767. The summed E-state index contributed by atoms with van der Waals surface area (Å²) in [5.74, 6) is -0.0658. The van der Waals surface area contributed by atoms with Crippen molar-refractivity contribution in [2.24, 2.45) is 0 Å². The Morgan fingerprint density at radius 3 is 2.58 bits per heavy atom. The first-order chi connectivity index (χ1) is 11.7. The van der Waals surface area contributed by atoms with Crippen LogP contribution in [0.5, 0.6) is 0 Å². The number of hydrogen-bond acceptors (Lipinski definition) is 3. The average molecular weight is 351 g/mol. The summed E-state index contributed by atoms with van der Waals surface area (Å²) in [4.78, 5) is 28.1. The lowest BCUT2D eigenvalue weighted by molar-refractivity contribution is -0.130. The highest BCUT2D eigenvalue weighted by Gasteiger charge is 2.40. The predicted molar refractivity (Wildman–Crippen MR) is 91.8 cm³/mol. The monoisotopic (exact) mass is 350 g/mol. The van der Waals surface area contributed by atoms with E-state index in [1.54, 1.807) is 4.90 Å². The number of hydrogen-bond donors (Lipinski definition) is 0. The SMILES string of the molecule is O=C(CCl)N1CCC[C@H](N(C(=O)OCc2ccccc2)C2CC2)C1. The molecule has 1 aromatic rings. The van der Waals surface area contributed by atoms with Gasteiger partial charge in [0, 0.05) is 19.1 Å². The van der Waals surface area contributed by atoms with Gasteiger partial charge in [-0.05, 0) is 31.2 Å². The van der Waals surface area contributed by atoms with E-state index in [4.69, 9.17) is 16.3 Å². The zero-order valence-corrected chi connectivity index (χ0v) is 14.5. The number of amides is 2. The van der Waals surface area contributed by atoms with E-state index in [0.717, 1.165) is 37.8 Å². The highest BCUT2D eigenvalue weighted by atomic mass is 35.5. The van der Waals surface area contributed by atoms with Crippen LogP contribution in [-0.4, -0.2) is 52.9 Å². The van der Waals surface area contributed by atoms with Crippen molar-refractivity contribution >= 4 is 23.6 Å². The number of rotatable bonds is 5. The van der Waals surface area contributed by atoms with Crippen molar-refractivity contribution in [1.82, 2.24) is 9.80 Å². The number of likely N-dealkylation sites (tertiary alicyclic amines) is 1. The number of piperidine rings is 1. The standard InChI is InChI=1S/C18H23ClN2O3/c19-11-17(22)20-10-4-7-16(12-20)21(15-8-9-15)18(23)24-13-14-5-2-1-3-6-14/h1-3,5-6,15-16H,4,7-13H2/t16-/m0/s1. The lowest BCUT2D eigenvalue weighted by Crippen LogP contribution is -2.52. The smallest absolute Gasteiger partial charge is 0.410 e. The first kappa shape index (κ1) is 17.1. The van der Waals surface area contributed by atoms with E-state index in [9.17, 15) is 9.59 Å². The van der Waals surface area contributed by atoms with Crippen LogP contribution < -0.4 is 0 Å². The molecule has 6 heteroatoms. The second-order valence-corrected chi connectivity index (χ2v) is 6.72. The second kappa shape index (κ2) is 7.88. The van der Waals surface area contributed by atoms with Gasteiger partial charge in [-0.25, -0.2) is 4.79 Å². The fourth-order valence-electron chi connectivity index (χ4n) is 3.24. The van der Waals surface area contributed by atoms with E-state index in [1.165, 1.54) is 0 Å². The number of halogens is 1. The molecule has 2 aliphatic rings. The van der Waals surface area contributed by atoms with Gasteiger partial charge in [-0.2, -0.15) is 0 Å². The Kier molecular flexibility index (Phi) is 5.61. The summed E-state index contributed by atoms with van der Waals surface area (Å²) in [6.07, 6.45) is 3.55. The van der Waals surface area contributed by atoms with E-state index in [2.05, 4.69) is 0 Å². The van der Waals surface area contributed by atoms with Crippen molar-refractivity contribution in [3.8, 4) is 0 Å². The van der Waals surface area contributed by atoms with Crippen molar-refractivity contribution in [2.45, 2.75) is 44.4 Å². The molecule has 1 saturated carbocycles. The highest BCUT2D eigenvalue weighted by molar-refractivity contribution is 6.27. The van der Waals surface area contributed by atoms with Crippen LogP contribution in [0.1, 0.15) is 31.2 Å². The van der Waals surface area contributed by atoms with Crippen LogP contribution in [0.3, 0.4) is 0 Å². The number of alkyl halides is 1. The predicted octanol–water partition coefficient (Wildman–Crippen LogP) is 3.02. The largest absolute Gasteiger partial charge is 0.445 e. The van der Waals surface area contributed by atoms with Gasteiger partial charge in [-0.3, -0.25) is 4.79 Å². The fraction of sp³-hybridized carbons (Fsp3) is 0.556. The van der Waals surface area contributed by atoms with Gasteiger partial charge < -0.3 is 14.5 Å². The summed E-state index contributed by atoms with van der Waals surface area (Å²) in [5, 5.41) is 0. The number of carbonyl (C=O) groups excluding carboxylic acids is 2. The first-order valence-corrected chi connectivity index (χ1v) is 9.05. The Hall–Kier alpha value is -1.75. The molecule has 0 unspecified atom stereocenters. The molecule has 0 aromatic heterocycles. The average Bonchev–Trinajstić information content (AvgIpc) is 3.45. The summed E-state index contributed by atoms with van der Waals surface area (Å²) < 4.78 is 5.52. The molecule has 1 aromatic carbocycles. The minimum atomic E-state index is -0.272. The van der Waals surface area contributed by atoms with Crippen LogP contribution in [0.25, 0.3) is 0 Å². The Balaban J connectivity index is 1.61. The van der Waals surface area contributed by atoms with E-state index in [1.807, 2.05) is 35.2 Å². The first-order valence-electron chi connectivity index (χ1n) is 8.52. The normalized spacial score (nSPS) is 20.5. The molecule has 1 aliphatic heterocycles. The number of nitrogens with zero attached hydrogens (tertiary/aromatic N) is 2. The molecule has 2 amide bonds. The van der Waals surface area contributed by atoms with Gasteiger partial charge in [0.15, 0.2) is 0 Å². The molecule has 2 fully saturated rings. The third-order valence-electron chi connectivity index (χ3n) is 4.61. The number of ether oxygens (including phenoxy) is 1. The van der Waals surface area contributed by atoms with Gasteiger partial charge in [0.1, 0.15) is 12.5 Å². The summed E-state index contributed by atoms with van der Waals surface area (Å²) in [6.45, 7) is 1.56. The van der Waals surface area contributed by atoms with Gasteiger partial charge in [0.2, 0.25) is 5.91 Å². The van der Waals surface area contributed by atoms with Gasteiger partial charge in [0.05, 0.1) is 6.04 Å². The highest BCUT2D eigenvalue weighted by Crippen LogP contribution is 2.32. The van der Waals surface area contributed by atoms with Crippen molar-refractivity contribution in [3.63, 3.8) is 0 Å². The van der Waals surface area contributed by atoms with E-state index >= 15 is 0 Å². The summed E-state index contributed by atoms with van der Waals surface area (Å²) in [7, 11) is 0. The molecule has 0 spiro atoms. The van der Waals surface area contributed by atoms with Crippen LogP contribution >= 0.6 is 11.6 Å². The maximum absolute atomic E-state index is 12.6. The number of benzene rings is 1. The maximum Gasteiger partial charge on any atom is 0.410 e. The Morgan fingerprint density at radius 1 is 1.17 bits per heavy atom. The third kappa shape index (κ3) is 4.20. The molecule has 0 bridgehead atoms. The van der Waals surface area contributed by atoms with E-state index in [-0.39, 0.29) is 36.6 Å². The molecule has 0 radical (unpaired) electrons. The van der Waals surface area contributed by atoms with Gasteiger partial charge >= 0.3 is 6.09 Å². The third-order valence-corrected chi connectivity index (χ3v) is 4.84. The zero-order valence-electron chi connectivity index (χ0n) is 13.7. The molecule has 5 nitrogen and oxygen atoms in total. The molecule has 1 aliphatic carbocycles. The van der Waals surface area contributed by atoms with Crippen LogP contribution in [0.4, 0.5) is 4.79 Å². The molecule has 130 valence electrons. The van der Waals surface area contributed by atoms with E-state index < -0.39 is 0 Å². The number of carbonyl (C=O) groups is 2. The summed E-state index contributed by atoms with van der Waals surface area (Å²) in [6, 6.07) is 9.96. The lowest BCUT2D eigenvalue weighted by atomic mass is 10.0. The van der Waals surface area contributed by atoms with Crippen molar-refractivity contribution < 1.29 is 14.3 Å². The van der Waals surface area contributed by atoms with Gasteiger partial charge in [-0.15, -0.1) is 11.6 Å². The van der Waals surface area contributed by atoms with Crippen LogP contribution in [0.2, 0.25) is 0 Å². The molecular formula is C18H23ClN2O3. The summed E-state index contributed by atoms with van der Waals surface area (Å²) >= 11 is 5.67. The zero-order chi connectivity index (χ0) is 16.9.